The third-order valence-electron chi connectivity index (χ3n) is 2.40. The van der Waals surface area contributed by atoms with Gasteiger partial charge in [0.1, 0.15) is 5.69 Å². The van der Waals surface area contributed by atoms with E-state index in [1.165, 1.54) is 0 Å². The molecule has 15 heavy (non-hydrogen) atoms. The van der Waals surface area contributed by atoms with Crippen molar-refractivity contribution in [2.75, 3.05) is 20.2 Å². The van der Waals surface area contributed by atoms with E-state index in [2.05, 4.69) is 15.3 Å². The predicted molar refractivity (Wildman–Crippen MR) is 54.6 cm³/mol. The molecule has 0 spiro atoms. The van der Waals surface area contributed by atoms with E-state index < -0.39 is 0 Å². The highest BCUT2D eigenvalue weighted by Gasteiger charge is 2.16. The molecule has 1 atom stereocenters. The van der Waals surface area contributed by atoms with Gasteiger partial charge in [0, 0.05) is 18.9 Å². The molecule has 0 aromatic carbocycles. The Morgan fingerprint density at radius 3 is 3.07 bits per heavy atom. The van der Waals surface area contributed by atoms with Crippen LogP contribution in [0.2, 0.25) is 0 Å². The maximum Gasteiger partial charge on any atom is 0.237 e. The van der Waals surface area contributed by atoms with Crippen molar-refractivity contribution in [3.05, 3.63) is 18.1 Å². The zero-order valence-corrected chi connectivity index (χ0v) is 8.77. The summed E-state index contributed by atoms with van der Waals surface area (Å²) in [6, 6.07) is 0. The number of nitrogens with zero attached hydrogens (tertiary/aromatic N) is 2. The molecular weight excluding hydrogens is 194 g/mol. The molecule has 0 saturated carbocycles. The van der Waals surface area contributed by atoms with Gasteiger partial charge < -0.3 is 14.8 Å². The molecule has 1 unspecified atom stereocenters. The summed E-state index contributed by atoms with van der Waals surface area (Å²) in [5.74, 6) is 0.545. The van der Waals surface area contributed by atoms with Crippen molar-refractivity contribution in [3.8, 4) is 5.88 Å². The molecule has 5 nitrogen and oxygen atoms in total. The van der Waals surface area contributed by atoms with E-state index >= 15 is 0 Å². The second-order valence-electron chi connectivity index (χ2n) is 3.44. The lowest BCUT2D eigenvalue weighted by Crippen LogP contribution is -2.17. The highest BCUT2D eigenvalue weighted by Crippen LogP contribution is 2.14. The first-order chi connectivity index (χ1) is 7.40. The normalized spacial score (nSPS) is 20.5. The minimum Gasteiger partial charge on any atom is -0.480 e. The van der Waals surface area contributed by atoms with E-state index in [0.29, 0.717) is 12.5 Å². The monoisotopic (exact) mass is 209 g/mol. The van der Waals surface area contributed by atoms with Crippen LogP contribution in [0.25, 0.3) is 0 Å². The zero-order chi connectivity index (χ0) is 10.5. The van der Waals surface area contributed by atoms with Crippen molar-refractivity contribution in [2.24, 2.45) is 0 Å². The molecule has 0 bridgehead atoms. The number of nitrogens with one attached hydrogen (secondary N) is 1. The largest absolute Gasteiger partial charge is 0.480 e. The summed E-state index contributed by atoms with van der Waals surface area (Å²) in [5.41, 5.74) is 0.756. The summed E-state index contributed by atoms with van der Waals surface area (Å²) >= 11 is 0. The third-order valence-corrected chi connectivity index (χ3v) is 2.40. The molecule has 2 heterocycles. The van der Waals surface area contributed by atoms with Crippen molar-refractivity contribution in [1.29, 1.82) is 0 Å². The Hall–Kier alpha value is -1.20. The van der Waals surface area contributed by atoms with Crippen LogP contribution in [-0.2, 0) is 11.3 Å². The number of aromatic nitrogens is 2. The van der Waals surface area contributed by atoms with Crippen LogP contribution in [0.3, 0.4) is 0 Å². The van der Waals surface area contributed by atoms with Crippen LogP contribution in [0.1, 0.15) is 12.1 Å². The van der Waals surface area contributed by atoms with Gasteiger partial charge in [-0.2, -0.15) is 0 Å². The van der Waals surface area contributed by atoms with Crippen molar-refractivity contribution >= 4 is 0 Å². The van der Waals surface area contributed by atoms with Gasteiger partial charge in [0.2, 0.25) is 5.88 Å². The van der Waals surface area contributed by atoms with Gasteiger partial charge in [-0.05, 0) is 13.0 Å². The minimum absolute atomic E-state index is 0.289. The number of methoxy groups -OCH3 is 1. The lowest BCUT2D eigenvalue weighted by molar-refractivity contribution is 0.0506. The Morgan fingerprint density at radius 1 is 1.47 bits per heavy atom. The molecule has 1 fully saturated rings. The topological polar surface area (TPSA) is 56.3 Å². The third kappa shape index (κ3) is 2.64. The first-order valence-electron chi connectivity index (χ1n) is 5.06. The van der Waals surface area contributed by atoms with Gasteiger partial charge in [0.25, 0.3) is 0 Å². The molecule has 0 amide bonds. The maximum atomic E-state index is 5.69. The van der Waals surface area contributed by atoms with Gasteiger partial charge in [-0.3, -0.25) is 4.98 Å². The standard InChI is InChI=1S/C10H15N3O2/c1-14-10-9(12-4-5-13-10)7-15-8-2-3-11-6-8/h4-5,8,11H,2-3,6-7H2,1H3. The molecule has 2 rings (SSSR count). The second-order valence-corrected chi connectivity index (χ2v) is 3.44. The molecule has 5 heteroatoms. The van der Waals surface area contributed by atoms with E-state index in [1.807, 2.05) is 0 Å². The quantitative estimate of drug-likeness (QED) is 0.776. The van der Waals surface area contributed by atoms with Crippen LogP contribution in [0.4, 0.5) is 0 Å². The molecular formula is C10H15N3O2. The van der Waals surface area contributed by atoms with Gasteiger partial charge >= 0.3 is 0 Å². The van der Waals surface area contributed by atoms with Crippen LogP contribution in [0.15, 0.2) is 12.4 Å². The first-order valence-corrected chi connectivity index (χ1v) is 5.06. The van der Waals surface area contributed by atoms with Gasteiger partial charge in [0.15, 0.2) is 0 Å². The second kappa shape index (κ2) is 5.04. The Balaban J connectivity index is 1.91. The molecule has 1 N–H and O–H groups in total. The molecule has 1 aliphatic rings. The molecule has 1 aromatic rings. The summed E-state index contributed by atoms with van der Waals surface area (Å²) in [7, 11) is 1.59. The molecule has 82 valence electrons. The zero-order valence-electron chi connectivity index (χ0n) is 8.77. The smallest absolute Gasteiger partial charge is 0.237 e. The average molecular weight is 209 g/mol. The molecule has 0 aliphatic carbocycles. The Kier molecular flexibility index (Phi) is 3.47. The van der Waals surface area contributed by atoms with Crippen LogP contribution >= 0.6 is 0 Å². The van der Waals surface area contributed by atoms with Crippen LogP contribution in [0, 0.1) is 0 Å². The molecule has 1 aliphatic heterocycles. The number of hydrogen-bond acceptors (Lipinski definition) is 5. The van der Waals surface area contributed by atoms with Gasteiger partial charge in [-0.25, -0.2) is 4.98 Å². The SMILES string of the molecule is COc1nccnc1COC1CCNC1. The highest BCUT2D eigenvalue weighted by atomic mass is 16.5. The van der Waals surface area contributed by atoms with Crippen LogP contribution < -0.4 is 10.1 Å². The van der Waals surface area contributed by atoms with Gasteiger partial charge in [-0.15, -0.1) is 0 Å². The minimum atomic E-state index is 0.289. The maximum absolute atomic E-state index is 5.69. The number of hydrogen-bond donors (Lipinski definition) is 1. The lowest BCUT2D eigenvalue weighted by Gasteiger charge is -2.11. The highest BCUT2D eigenvalue weighted by molar-refractivity contribution is 5.15. The van der Waals surface area contributed by atoms with Crippen LogP contribution in [-0.4, -0.2) is 36.3 Å². The van der Waals surface area contributed by atoms with Crippen molar-refractivity contribution in [3.63, 3.8) is 0 Å². The van der Waals surface area contributed by atoms with Crippen molar-refractivity contribution in [1.82, 2.24) is 15.3 Å². The summed E-state index contributed by atoms with van der Waals surface area (Å²) in [6.07, 6.45) is 4.60. The summed E-state index contributed by atoms with van der Waals surface area (Å²) in [6.45, 7) is 2.41. The van der Waals surface area contributed by atoms with E-state index in [-0.39, 0.29) is 6.10 Å². The van der Waals surface area contributed by atoms with Crippen molar-refractivity contribution in [2.45, 2.75) is 19.1 Å². The predicted octanol–water partition coefficient (Wildman–Crippen LogP) is 0.364. The Labute approximate surface area is 88.8 Å². The molecule has 1 saturated heterocycles. The van der Waals surface area contributed by atoms with Gasteiger partial charge in [-0.1, -0.05) is 0 Å². The lowest BCUT2D eigenvalue weighted by atomic mass is 10.3. The summed E-state index contributed by atoms with van der Waals surface area (Å²) in [4.78, 5) is 8.24. The van der Waals surface area contributed by atoms with E-state index in [4.69, 9.17) is 9.47 Å². The fourth-order valence-electron chi connectivity index (χ4n) is 1.59. The van der Waals surface area contributed by atoms with E-state index in [9.17, 15) is 0 Å². The van der Waals surface area contributed by atoms with Crippen molar-refractivity contribution < 1.29 is 9.47 Å². The summed E-state index contributed by atoms with van der Waals surface area (Å²) in [5, 5.41) is 3.24. The van der Waals surface area contributed by atoms with Crippen LogP contribution in [0.5, 0.6) is 5.88 Å². The molecule has 1 aromatic heterocycles. The fourth-order valence-corrected chi connectivity index (χ4v) is 1.59. The Bertz CT molecular complexity index is 313. The molecule has 0 radical (unpaired) electrons. The first kappa shape index (κ1) is 10.3. The fraction of sp³-hybridized carbons (Fsp3) is 0.600. The van der Waals surface area contributed by atoms with Gasteiger partial charge in [0.05, 0.1) is 19.8 Å². The summed E-state index contributed by atoms with van der Waals surface area (Å²) < 4.78 is 10.8. The number of ether oxygens (including phenoxy) is 2. The number of rotatable bonds is 4. The van der Waals surface area contributed by atoms with E-state index in [1.54, 1.807) is 19.5 Å². The Morgan fingerprint density at radius 2 is 2.33 bits per heavy atom. The van der Waals surface area contributed by atoms with E-state index in [0.717, 1.165) is 25.2 Å². The average Bonchev–Trinajstić information content (AvgIpc) is 2.79.